The summed E-state index contributed by atoms with van der Waals surface area (Å²) < 4.78 is 10.9. The summed E-state index contributed by atoms with van der Waals surface area (Å²) in [7, 11) is 0. The molecule has 0 saturated carbocycles. The average molecular weight is 251 g/mol. The van der Waals surface area contributed by atoms with Gasteiger partial charge >= 0.3 is 0 Å². The number of rotatable bonds is 2. The van der Waals surface area contributed by atoms with E-state index in [0.717, 1.165) is 48.2 Å². The normalized spacial score (nSPS) is 17.4. The standard InChI is InChI=1S/C13H17NO4/c15-5-10-8-1-3-14-4-2-9(8)11(6-16)13-12(10)17-7-18-13/h14-16H,1-7H2. The summed E-state index contributed by atoms with van der Waals surface area (Å²) in [4.78, 5) is 0. The number of hydrogen-bond acceptors (Lipinski definition) is 5. The number of hydrogen-bond donors (Lipinski definition) is 3. The second-order valence-corrected chi connectivity index (χ2v) is 4.55. The topological polar surface area (TPSA) is 71.0 Å². The Kier molecular flexibility index (Phi) is 3.11. The monoisotopic (exact) mass is 251 g/mol. The van der Waals surface area contributed by atoms with Crippen molar-refractivity contribution < 1.29 is 19.7 Å². The van der Waals surface area contributed by atoms with Crippen LogP contribution in [0.5, 0.6) is 11.5 Å². The zero-order valence-corrected chi connectivity index (χ0v) is 10.2. The van der Waals surface area contributed by atoms with Crippen LogP contribution in [-0.4, -0.2) is 30.1 Å². The van der Waals surface area contributed by atoms with Crippen molar-refractivity contribution in [3.8, 4) is 11.5 Å². The molecule has 0 spiro atoms. The minimum atomic E-state index is -0.0558. The number of benzene rings is 1. The van der Waals surface area contributed by atoms with Crippen molar-refractivity contribution in [2.24, 2.45) is 0 Å². The van der Waals surface area contributed by atoms with E-state index in [-0.39, 0.29) is 20.0 Å². The SMILES string of the molecule is OCc1c2c(c(CO)c3c1OCO3)CCNCC2. The summed E-state index contributed by atoms with van der Waals surface area (Å²) in [5.74, 6) is 1.23. The summed E-state index contributed by atoms with van der Waals surface area (Å²) >= 11 is 0. The molecule has 1 aromatic rings. The fourth-order valence-corrected chi connectivity index (χ4v) is 2.85. The van der Waals surface area contributed by atoms with Gasteiger partial charge in [0, 0.05) is 11.1 Å². The van der Waals surface area contributed by atoms with Gasteiger partial charge in [-0.1, -0.05) is 0 Å². The quantitative estimate of drug-likeness (QED) is 0.695. The van der Waals surface area contributed by atoms with Crippen molar-refractivity contribution in [2.45, 2.75) is 26.1 Å². The van der Waals surface area contributed by atoms with Gasteiger partial charge in [-0.15, -0.1) is 0 Å². The predicted octanol–water partition coefficient (Wildman–Crippen LogP) is 0.0881. The number of aliphatic hydroxyl groups excluding tert-OH is 2. The van der Waals surface area contributed by atoms with Gasteiger partial charge in [-0.2, -0.15) is 0 Å². The Morgan fingerprint density at radius 1 is 0.889 bits per heavy atom. The maximum Gasteiger partial charge on any atom is 0.231 e. The van der Waals surface area contributed by atoms with Crippen LogP contribution in [-0.2, 0) is 26.1 Å². The first kappa shape index (κ1) is 11.8. The van der Waals surface area contributed by atoms with Crippen molar-refractivity contribution in [1.82, 2.24) is 5.32 Å². The second-order valence-electron chi connectivity index (χ2n) is 4.55. The molecule has 0 unspecified atom stereocenters. The lowest BCUT2D eigenvalue weighted by Gasteiger charge is -2.17. The zero-order valence-electron chi connectivity index (χ0n) is 10.2. The molecule has 3 N–H and O–H groups in total. The number of ether oxygens (including phenoxy) is 2. The van der Waals surface area contributed by atoms with Crippen LogP contribution >= 0.6 is 0 Å². The third kappa shape index (κ3) is 1.67. The van der Waals surface area contributed by atoms with Crippen LogP contribution in [0.4, 0.5) is 0 Å². The van der Waals surface area contributed by atoms with E-state index in [2.05, 4.69) is 5.32 Å². The van der Waals surface area contributed by atoms with Crippen molar-refractivity contribution >= 4 is 0 Å². The fourth-order valence-electron chi connectivity index (χ4n) is 2.85. The second kappa shape index (κ2) is 4.76. The maximum absolute atomic E-state index is 9.59. The van der Waals surface area contributed by atoms with Gasteiger partial charge in [0.15, 0.2) is 11.5 Å². The zero-order chi connectivity index (χ0) is 12.5. The van der Waals surface area contributed by atoms with Crippen molar-refractivity contribution in [2.75, 3.05) is 19.9 Å². The van der Waals surface area contributed by atoms with E-state index >= 15 is 0 Å². The molecule has 98 valence electrons. The first-order valence-corrected chi connectivity index (χ1v) is 6.24. The Morgan fingerprint density at radius 3 is 1.83 bits per heavy atom. The van der Waals surface area contributed by atoms with E-state index in [1.807, 2.05) is 0 Å². The van der Waals surface area contributed by atoms with Gasteiger partial charge in [0.1, 0.15) is 0 Å². The predicted molar refractivity (Wildman–Crippen MR) is 64.7 cm³/mol. The Hall–Kier alpha value is -1.30. The smallest absolute Gasteiger partial charge is 0.231 e. The van der Waals surface area contributed by atoms with Crippen LogP contribution < -0.4 is 14.8 Å². The molecule has 2 aliphatic heterocycles. The Morgan fingerprint density at radius 2 is 1.39 bits per heavy atom. The maximum atomic E-state index is 9.59. The van der Waals surface area contributed by atoms with Crippen molar-refractivity contribution in [1.29, 1.82) is 0 Å². The van der Waals surface area contributed by atoms with E-state index < -0.39 is 0 Å². The molecular formula is C13H17NO4. The Labute approximate surface area is 105 Å². The largest absolute Gasteiger partial charge is 0.453 e. The first-order valence-electron chi connectivity index (χ1n) is 6.24. The summed E-state index contributed by atoms with van der Waals surface area (Å²) in [5, 5.41) is 22.5. The minimum absolute atomic E-state index is 0.0558. The molecule has 0 fully saturated rings. The highest BCUT2D eigenvalue weighted by Gasteiger charge is 2.28. The number of fused-ring (bicyclic) bond motifs is 2. The highest BCUT2D eigenvalue weighted by molar-refractivity contribution is 5.61. The van der Waals surface area contributed by atoms with Crippen LogP contribution in [0.15, 0.2) is 0 Å². The molecule has 1 aromatic carbocycles. The molecule has 5 heteroatoms. The molecule has 2 aliphatic rings. The van der Waals surface area contributed by atoms with Crippen LogP contribution in [0.2, 0.25) is 0 Å². The van der Waals surface area contributed by atoms with Crippen LogP contribution in [0.25, 0.3) is 0 Å². The van der Waals surface area contributed by atoms with Gasteiger partial charge in [0.2, 0.25) is 6.79 Å². The molecule has 0 aromatic heterocycles. The fraction of sp³-hybridized carbons (Fsp3) is 0.538. The molecule has 3 rings (SSSR count). The lowest BCUT2D eigenvalue weighted by Crippen LogP contribution is -2.16. The van der Waals surface area contributed by atoms with Crippen molar-refractivity contribution in [3.05, 3.63) is 22.3 Å². The van der Waals surface area contributed by atoms with E-state index in [4.69, 9.17) is 9.47 Å². The van der Waals surface area contributed by atoms with Gasteiger partial charge in [-0.05, 0) is 37.1 Å². The number of nitrogens with one attached hydrogen (secondary N) is 1. The van der Waals surface area contributed by atoms with E-state index in [0.29, 0.717) is 11.5 Å². The average Bonchev–Trinajstić information content (AvgIpc) is 2.73. The molecule has 18 heavy (non-hydrogen) atoms. The van der Waals surface area contributed by atoms with E-state index in [1.54, 1.807) is 0 Å². The van der Waals surface area contributed by atoms with Gasteiger partial charge in [-0.25, -0.2) is 0 Å². The number of aliphatic hydroxyl groups is 2. The molecule has 0 bridgehead atoms. The summed E-state index contributed by atoms with van der Waals surface area (Å²) in [5.41, 5.74) is 3.85. The lowest BCUT2D eigenvalue weighted by atomic mass is 9.91. The summed E-state index contributed by atoms with van der Waals surface area (Å²) in [6, 6.07) is 0. The molecule has 0 saturated heterocycles. The van der Waals surface area contributed by atoms with E-state index in [9.17, 15) is 10.2 Å². The third-order valence-electron chi connectivity index (χ3n) is 3.67. The van der Waals surface area contributed by atoms with Gasteiger partial charge < -0.3 is 25.0 Å². The Bertz CT molecular complexity index is 432. The minimum Gasteiger partial charge on any atom is -0.453 e. The van der Waals surface area contributed by atoms with Gasteiger partial charge in [0.25, 0.3) is 0 Å². The summed E-state index contributed by atoms with van der Waals surface area (Å²) in [6.07, 6.45) is 1.68. The molecule has 0 amide bonds. The van der Waals surface area contributed by atoms with E-state index in [1.165, 1.54) is 0 Å². The Balaban J connectivity index is 2.25. The van der Waals surface area contributed by atoms with Crippen LogP contribution in [0.1, 0.15) is 22.3 Å². The highest BCUT2D eigenvalue weighted by atomic mass is 16.7. The molecule has 2 heterocycles. The van der Waals surface area contributed by atoms with Gasteiger partial charge in [-0.3, -0.25) is 0 Å². The molecular weight excluding hydrogens is 234 g/mol. The third-order valence-corrected chi connectivity index (χ3v) is 3.67. The van der Waals surface area contributed by atoms with Crippen LogP contribution in [0.3, 0.4) is 0 Å². The molecule has 0 aliphatic carbocycles. The summed E-state index contributed by atoms with van der Waals surface area (Å²) in [6.45, 7) is 1.81. The van der Waals surface area contributed by atoms with Gasteiger partial charge in [0.05, 0.1) is 13.2 Å². The molecule has 5 nitrogen and oxygen atoms in total. The van der Waals surface area contributed by atoms with Crippen LogP contribution in [0, 0.1) is 0 Å². The van der Waals surface area contributed by atoms with Crippen molar-refractivity contribution in [3.63, 3.8) is 0 Å². The molecule has 0 atom stereocenters. The first-order chi connectivity index (χ1) is 8.86. The lowest BCUT2D eigenvalue weighted by molar-refractivity contribution is 0.168. The highest BCUT2D eigenvalue weighted by Crippen LogP contribution is 2.44. The molecule has 0 radical (unpaired) electrons.